The quantitative estimate of drug-likeness (QED) is 0.798. The second-order valence-corrected chi connectivity index (χ2v) is 4.71. The summed E-state index contributed by atoms with van der Waals surface area (Å²) in [6.07, 6.45) is 1.11. The van der Waals surface area contributed by atoms with Crippen molar-refractivity contribution in [3.05, 3.63) is 29.8 Å². The number of phenols is 1. The van der Waals surface area contributed by atoms with Gasteiger partial charge in [-0.25, -0.2) is 0 Å². The fourth-order valence-corrected chi connectivity index (χ4v) is 2.05. The molecule has 90 valence electrons. The van der Waals surface area contributed by atoms with Gasteiger partial charge in [0.05, 0.1) is 0 Å². The molecule has 1 rings (SSSR count). The monoisotopic (exact) mass is 221 g/mol. The van der Waals surface area contributed by atoms with Crippen LogP contribution >= 0.6 is 0 Å². The van der Waals surface area contributed by atoms with Crippen molar-refractivity contribution >= 4 is 0 Å². The van der Waals surface area contributed by atoms with Crippen LogP contribution in [0.4, 0.5) is 0 Å². The molecule has 1 aromatic carbocycles. The molecule has 0 fully saturated rings. The normalized spacial score (nSPS) is 15.1. The highest BCUT2D eigenvalue weighted by Gasteiger charge is 2.16. The topological polar surface area (TPSA) is 32.3 Å². The Morgan fingerprint density at radius 2 is 1.81 bits per heavy atom. The van der Waals surface area contributed by atoms with Crippen molar-refractivity contribution in [2.75, 3.05) is 0 Å². The number of para-hydroxylation sites is 1. The molecule has 2 N–H and O–H groups in total. The highest BCUT2D eigenvalue weighted by atomic mass is 16.3. The zero-order chi connectivity index (χ0) is 12.1. The molecule has 0 aliphatic rings. The number of benzene rings is 1. The molecule has 0 radical (unpaired) electrons. The summed E-state index contributed by atoms with van der Waals surface area (Å²) in [4.78, 5) is 0. The molecule has 2 heteroatoms. The Bertz CT molecular complexity index is 322. The van der Waals surface area contributed by atoms with Gasteiger partial charge in [0.15, 0.2) is 0 Å². The Balaban J connectivity index is 2.72. The molecule has 1 aromatic rings. The maximum atomic E-state index is 9.77. The van der Waals surface area contributed by atoms with Gasteiger partial charge in [0.1, 0.15) is 5.75 Å². The molecule has 0 spiro atoms. The van der Waals surface area contributed by atoms with E-state index in [9.17, 15) is 5.11 Å². The number of rotatable bonds is 5. The van der Waals surface area contributed by atoms with Gasteiger partial charge >= 0.3 is 0 Å². The van der Waals surface area contributed by atoms with Crippen LogP contribution in [0.15, 0.2) is 24.3 Å². The van der Waals surface area contributed by atoms with Gasteiger partial charge in [-0.3, -0.25) is 0 Å². The lowest BCUT2D eigenvalue weighted by atomic mass is 9.99. The van der Waals surface area contributed by atoms with E-state index in [-0.39, 0.29) is 6.04 Å². The standard InChI is InChI=1S/C14H23NO/c1-5-13(10(2)3)15-11(4)12-8-6-7-9-14(12)16/h6-11,13,15-16H,5H2,1-4H3. The molecule has 2 nitrogen and oxygen atoms in total. The largest absolute Gasteiger partial charge is 0.508 e. The number of nitrogens with one attached hydrogen (secondary N) is 1. The Labute approximate surface area is 98.7 Å². The molecule has 0 bridgehead atoms. The molecule has 0 aliphatic carbocycles. The van der Waals surface area contributed by atoms with Gasteiger partial charge < -0.3 is 10.4 Å². The van der Waals surface area contributed by atoms with Crippen LogP contribution < -0.4 is 5.32 Å². The lowest BCUT2D eigenvalue weighted by Gasteiger charge is -2.26. The Morgan fingerprint density at radius 1 is 1.19 bits per heavy atom. The average molecular weight is 221 g/mol. The van der Waals surface area contributed by atoms with Crippen LogP contribution in [-0.2, 0) is 0 Å². The molecule has 2 unspecified atom stereocenters. The van der Waals surface area contributed by atoms with Crippen LogP contribution in [0.3, 0.4) is 0 Å². The maximum Gasteiger partial charge on any atom is 0.120 e. The second kappa shape index (κ2) is 5.90. The van der Waals surface area contributed by atoms with Crippen LogP contribution in [0.25, 0.3) is 0 Å². The molecular weight excluding hydrogens is 198 g/mol. The summed E-state index contributed by atoms with van der Waals surface area (Å²) in [6.45, 7) is 8.73. The third-order valence-corrected chi connectivity index (χ3v) is 3.11. The molecule has 0 aliphatic heterocycles. The van der Waals surface area contributed by atoms with Crippen molar-refractivity contribution in [1.29, 1.82) is 0 Å². The summed E-state index contributed by atoms with van der Waals surface area (Å²) in [6, 6.07) is 8.21. The summed E-state index contributed by atoms with van der Waals surface area (Å²) in [5.74, 6) is 0.986. The van der Waals surface area contributed by atoms with Crippen LogP contribution in [0.2, 0.25) is 0 Å². The molecule has 2 atom stereocenters. The SMILES string of the molecule is CCC(NC(C)c1ccccc1O)C(C)C. The third-order valence-electron chi connectivity index (χ3n) is 3.11. The van der Waals surface area contributed by atoms with Gasteiger partial charge in [-0.15, -0.1) is 0 Å². The van der Waals surface area contributed by atoms with E-state index in [0.29, 0.717) is 17.7 Å². The Hall–Kier alpha value is -1.02. The fraction of sp³-hybridized carbons (Fsp3) is 0.571. The van der Waals surface area contributed by atoms with E-state index < -0.39 is 0 Å². The molecule has 0 saturated heterocycles. The zero-order valence-corrected chi connectivity index (χ0v) is 10.7. The van der Waals surface area contributed by atoms with Crippen LogP contribution in [-0.4, -0.2) is 11.1 Å². The molecule has 0 saturated carbocycles. The number of phenolic OH excluding ortho intramolecular Hbond substituents is 1. The average Bonchev–Trinajstić information content (AvgIpc) is 2.25. The third kappa shape index (κ3) is 3.24. The first-order valence-corrected chi connectivity index (χ1v) is 6.10. The van der Waals surface area contributed by atoms with E-state index in [1.807, 2.05) is 18.2 Å². The van der Waals surface area contributed by atoms with E-state index in [1.54, 1.807) is 6.07 Å². The van der Waals surface area contributed by atoms with Gasteiger partial charge in [0.2, 0.25) is 0 Å². The van der Waals surface area contributed by atoms with Crippen molar-refractivity contribution in [3.8, 4) is 5.75 Å². The lowest BCUT2D eigenvalue weighted by Crippen LogP contribution is -2.35. The molecule has 0 aromatic heterocycles. The summed E-state index contributed by atoms with van der Waals surface area (Å²) >= 11 is 0. The number of hydrogen-bond acceptors (Lipinski definition) is 2. The highest BCUT2D eigenvalue weighted by molar-refractivity contribution is 5.34. The second-order valence-electron chi connectivity index (χ2n) is 4.71. The minimum Gasteiger partial charge on any atom is -0.508 e. The van der Waals surface area contributed by atoms with Crippen LogP contribution in [0.5, 0.6) is 5.75 Å². The summed E-state index contributed by atoms with van der Waals surface area (Å²) in [5, 5.41) is 13.3. The Morgan fingerprint density at radius 3 is 2.31 bits per heavy atom. The van der Waals surface area contributed by atoms with E-state index in [2.05, 4.69) is 33.0 Å². The van der Waals surface area contributed by atoms with Crippen LogP contribution in [0.1, 0.15) is 45.7 Å². The van der Waals surface area contributed by atoms with E-state index in [0.717, 1.165) is 12.0 Å². The van der Waals surface area contributed by atoms with Crippen molar-refractivity contribution in [2.45, 2.75) is 46.2 Å². The minimum absolute atomic E-state index is 0.188. The molecular formula is C14H23NO. The van der Waals surface area contributed by atoms with E-state index >= 15 is 0 Å². The molecule has 0 amide bonds. The maximum absolute atomic E-state index is 9.77. The predicted molar refractivity (Wildman–Crippen MR) is 68.6 cm³/mol. The predicted octanol–water partition coefficient (Wildman–Crippen LogP) is 3.48. The first kappa shape index (κ1) is 13.0. The summed E-state index contributed by atoms with van der Waals surface area (Å²) < 4.78 is 0. The fourth-order valence-electron chi connectivity index (χ4n) is 2.05. The Kier molecular flexibility index (Phi) is 4.81. The summed E-state index contributed by atoms with van der Waals surface area (Å²) in [5.41, 5.74) is 0.974. The molecule has 16 heavy (non-hydrogen) atoms. The lowest BCUT2D eigenvalue weighted by molar-refractivity contribution is 0.349. The molecule has 0 heterocycles. The van der Waals surface area contributed by atoms with Gasteiger partial charge in [-0.1, -0.05) is 39.0 Å². The minimum atomic E-state index is 0.188. The first-order valence-electron chi connectivity index (χ1n) is 6.10. The van der Waals surface area contributed by atoms with Gasteiger partial charge in [0, 0.05) is 17.6 Å². The van der Waals surface area contributed by atoms with Crippen molar-refractivity contribution in [2.24, 2.45) is 5.92 Å². The van der Waals surface area contributed by atoms with Gasteiger partial charge in [0.25, 0.3) is 0 Å². The first-order chi connectivity index (χ1) is 7.56. The number of hydrogen-bond donors (Lipinski definition) is 2. The van der Waals surface area contributed by atoms with Crippen molar-refractivity contribution < 1.29 is 5.11 Å². The smallest absolute Gasteiger partial charge is 0.120 e. The van der Waals surface area contributed by atoms with Gasteiger partial charge in [-0.2, -0.15) is 0 Å². The van der Waals surface area contributed by atoms with Crippen LogP contribution in [0, 0.1) is 5.92 Å². The van der Waals surface area contributed by atoms with E-state index in [4.69, 9.17) is 0 Å². The van der Waals surface area contributed by atoms with Gasteiger partial charge in [-0.05, 0) is 25.3 Å². The van der Waals surface area contributed by atoms with Crippen molar-refractivity contribution in [1.82, 2.24) is 5.32 Å². The zero-order valence-electron chi connectivity index (χ0n) is 10.7. The summed E-state index contributed by atoms with van der Waals surface area (Å²) in [7, 11) is 0. The van der Waals surface area contributed by atoms with E-state index in [1.165, 1.54) is 0 Å². The number of aromatic hydroxyl groups is 1. The highest BCUT2D eigenvalue weighted by Crippen LogP contribution is 2.24. The van der Waals surface area contributed by atoms with Crippen molar-refractivity contribution in [3.63, 3.8) is 0 Å².